The molecule has 0 radical (unpaired) electrons. The molecule has 0 amide bonds. The molecule has 158 valence electrons. The third kappa shape index (κ3) is 7.61. The molecule has 3 rings (SSSR count). The molecule has 1 aliphatic heterocycles. The van der Waals surface area contributed by atoms with Gasteiger partial charge in [0.25, 0.3) is 0 Å². The fourth-order valence-corrected chi connectivity index (χ4v) is 3.56. The second-order valence-corrected chi connectivity index (χ2v) is 7.88. The number of ether oxygens (including phenoxy) is 1. The Bertz CT molecular complexity index is 747. The summed E-state index contributed by atoms with van der Waals surface area (Å²) in [5, 5.41) is 10.2. The summed E-state index contributed by atoms with van der Waals surface area (Å²) in [6, 6.07) is 18.0. The van der Waals surface area contributed by atoms with Gasteiger partial charge in [-0.1, -0.05) is 48.0 Å². The van der Waals surface area contributed by atoms with Gasteiger partial charge in [-0.25, -0.2) is 0 Å². The normalized spacial score (nSPS) is 16.5. The fraction of sp³-hybridized carbons (Fsp3) is 0.458. The summed E-state index contributed by atoms with van der Waals surface area (Å²) in [6.45, 7) is 6.96. The van der Waals surface area contributed by atoms with Gasteiger partial charge in [0.2, 0.25) is 0 Å². The Morgan fingerprint density at radius 1 is 1.03 bits per heavy atom. The fourth-order valence-electron chi connectivity index (χ4n) is 3.56. The molecule has 2 aromatic rings. The second kappa shape index (κ2) is 11.1. The van der Waals surface area contributed by atoms with E-state index in [4.69, 9.17) is 4.74 Å². The van der Waals surface area contributed by atoms with Gasteiger partial charge in [-0.05, 0) is 31.0 Å². The number of benzene rings is 2. The van der Waals surface area contributed by atoms with Crippen molar-refractivity contribution in [2.45, 2.75) is 25.9 Å². The minimum Gasteiger partial charge on any atom is -0.491 e. The van der Waals surface area contributed by atoms with Crippen molar-refractivity contribution in [3.8, 4) is 5.75 Å². The Morgan fingerprint density at radius 2 is 1.69 bits per heavy atom. The van der Waals surface area contributed by atoms with E-state index in [1.54, 1.807) is 0 Å². The van der Waals surface area contributed by atoms with Gasteiger partial charge in [0.05, 0.1) is 6.54 Å². The molecule has 2 aromatic carbocycles. The first kappa shape index (κ1) is 21.5. The minimum atomic E-state index is -0.516. The number of carbonyl (C=O) groups excluding carboxylic acids is 1. The first-order valence-electron chi connectivity index (χ1n) is 10.5. The predicted octanol–water partition coefficient (Wildman–Crippen LogP) is 2.80. The molecule has 1 fully saturated rings. The third-order valence-electron chi connectivity index (χ3n) is 5.33. The van der Waals surface area contributed by atoms with Crippen molar-refractivity contribution in [3.63, 3.8) is 0 Å². The highest BCUT2D eigenvalue weighted by atomic mass is 16.5. The van der Waals surface area contributed by atoms with E-state index in [0.29, 0.717) is 31.9 Å². The predicted molar refractivity (Wildman–Crippen MR) is 117 cm³/mol. The number of hydrogen-bond acceptors (Lipinski definition) is 5. The summed E-state index contributed by atoms with van der Waals surface area (Å²) in [6.07, 6.45) is 0.892. The van der Waals surface area contributed by atoms with Gasteiger partial charge >= 0.3 is 0 Å². The van der Waals surface area contributed by atoms with Crippen LogP contribution in [0.15, 0.2) is 54.6 Å². The Morgan fingerprint density at radius 3 is 2.38 bits per heavy atom. The average Bonchev–Trinajstić information content (AvgIpc) is 2.74. The van der Waals surface area contributed by atoms with Crippen molar-refractivity contribution < 1.29 is 16.1 Å². The molecule has 1 heterocycles. The van der Waals surface area contributed by atoms with Gasteiger partial charge in [0.1, 0.15) is 24.2 Å². The van der Waals surface area contributed by atoms with Gasteiger partial charge in [0, 0.05) is 40.6 Å². The van der Waals surface area contributed by atoms with Gasteiger partial charge in [-0.3, -0.25) is 14.6 Å². The van der Waals surface area contributed by atoms with Crippen molar-refractivity contribution in [1.82, 2.24) is 9.80 Å². The van der Waals surface area contributed by atoms with Crippen LogP contribution in [0.2, 0.25) is 0 Å². The maximum Gasteiger partial charge on any atom is 0.147 e. The number of ketones is 1. The number of piperazine rings is 1. The number of aliphatic hydroxyl groups excluding tert-OH is 1. The summed E-state index contributed by atoms with van der Waals surface area (Å²) >= 11 is 0. The number of para-hydroxylation sites is 1. The average molecular weight is 399 g/mol. The standard InChI is InChI=1S/C24H32N2O3.H2/c1-20-7-9-21(10-8-20)11-12-22(27)17-25-13-15-26(16-14-25)18-23(28)19-29-24-5-3-2-4-6-24;/h2-10,23,28H,11-19H2,1H3;1H/t23-;/m1./s1. The summed E-state index contributed by atoms with van der Waals surface area (Å²) in [7, 11) is 0. The smallest absolute Gasteiger partial charge is 0.147 e. The lowest BCUT2D eigenvalue weighted by Gasteiger charge is -2.35. The summed E-state index contributed by atoms with van der Waals surface area (Å²) in [5.41, 5.74) is 2.47. The first-order valence-corrected chi connectivity index (χ1v) is 10.5. The van der Waals surface area contributed by atoms with E-state index in [9.17, 15) is 9.90 Å². The van der Waals surface area contributed by atoms with Crippen LogP contribution in [0.3, 0.4) is 0 Å². The van der Waals surface area contributed by atoms with E-state index in [-0.39, 0.29) is 1.43 Å². The van der Waals surface area contributed by atoms with E-state index >= 15 is 0 Å². The molecule has 0 saturated carbocycles. The monoisotopic (exact) mass is 398 g/mol. The van der Waals surface area contributed by atoms with Crippen molar-refractivity contribution in [1.29, 1.82) is 0 Å². The number of carbonyl (C=O) groups is 1. The van der Waals surface area contributed by atoms with Crippen LogP contribution >= 0.6 is 0 Å². The van der Waals surface area contributed by atoms with E-state index in [0.717, 1.165) is 38.3 Å². The lowest BCUT2D eigenvalue weighted by Crippen LogP contribution is -2.50. The van der Waals surface area contributed by atoms with Crippen LogP contribution in [0.5, 0.6) is 5.75 Å². The lowest BCUT2D eigenvalue weighted by atomic mass is 10.1. The van der Waals surface area contributed by atoms with Gasteiger partial charge in [-0.2, -0.15) is 0 Å². The molecule has 0 bridgehead atoms. The molecule has 29 heavy (non-hydrogen) atoms. The highest BCUT2D eigenvalue weighted by Gasteiger charge is 2.21. The number of β-amino-alcohol motifs (C(OH)–C–C–N with tert-alkyl or cyclic N) is 1. The van der Waals surface area contributed by atoms with Crippen LogP contribution < -0.4 is 4.74 Å². The Kier molecular flexibility index (Phi) is 8.23. The van der Waals surface area contributed by atoms with E-state index in [2.05, 4.69) is 41.0 Å². The number of hydrogen-bond donors (Lipinski definition) is 1. The van der Waals surface area contributed by atoms with Gasteiger partial charge < -0.3 is 9.84 Å². The molecule has 0 unspecified atom stereocenters. The van der Waals surface area contributed by atoms with Crippen molar-refractivity contribution in [3.05, 3.63) is 65.7 Å². The minimum absolute atomic E-state index is 0. The topological polar surface area (TPSA) is 53.0 Å². The first-order chi connectivity index (χ1) is 14.1. The Balaban J connectivity index is 0.00000320. The molecular formula is C24H34N2O3. The van der Waals surface area contributed by atoms with Crippen LogP contribution in [0, 0.1) is 6.92 Å². The van der Waals surface area contributed by atoms with E-state index in [1.807, 2.05) is 30.3 Å². The molecule has 0 aromatic heterocycles. The van der Waals surface area contributed by atoms with Gasteiger partial charge in [0.15, 0.2) is 0 Å². The molecule has 5 nitrogen and oxygen atoms in total. The number of Topliss-reactive ketones (excluding diaryl/α,β-unsaturated/α-hetero) is 1. The van der Waals surface area contributed by atoms with Crippen molar-refractivity contribution in [2.24, 2.45) is 0 Å². The molecule has 1 aliphatic rings. The largest absolute Gasteiger partial charge is 0.491 e. The summed E-state index contributed by atoms with van der Waals surface area (Å²) < 4.78 is 5.62. The molecule has 0 spiro atoms. The summed E-state index contributed by atoms with van der Waals surface area (Å²) in [5.74, 6) is 1.08. The SMILES string of the molecule is Cc1ccc(CCC(=O)CN2CCN(C[C@@H](O)COc3ccccc3)CC2)cc1.[HH]. The Labute approximate surface area is 175 Å². The van der Waals surface area contributed by atoms with Crippen LogP contribution in [0.1, 0.15) is 19.0 Å². The third-order valence-corrected chi connectivity index (χ3v) is 5.33. The van der Waals surface area contributed by atoms with Crippen molar-refractivity contribution in [2.75, 3.05) is 45.9 Å². The number of aryl methyl sites for hydroxylation is 2. The highest BCUT2D eigenvalue weighted by Crippen LogP contribution is 2.10. The Hall–Kier alpha value is -2.21. The van der Waals surface area contributed by atoms with Crippen molar-refractivity contribution >= 4 is 5.78 Å². The number of rotatable bonds is 10. The maximum atomic E-state index is 12.3. The quantitative estimate of drug-likeness (QED) is 0.667. The zero-order valence-electron chi connectivity index (χ0n) is 17.3. The second-order valence-electron chi connectivity index (χ2n) is 7.88. The molecule has 0 aliphatic carbocycles. The molecular weight excluding hydrogens is 364 g/mol. The number of aliphatic hydroxyl groups is 1. The van der Waals surface area contributed by atoms with Gasteiger partial charge in [-0.15, -0.1) is 0 Å². The number of nitrogens with zero attached hydrogens (tertiary/aromatic N) is 2. The van der Waals surface area contributed by atoms with Crippen LogP contribution in [0.25, 0.3) is 0 Å². The molecule has 5 heteroatoms. The van der Waals surface area contributed by atoms with Crippen LogP contribution in [-0.2, 0) is 11.2 Å². The summed E-state index contributed by atoms with van der Waals surface area (Å²) in [4.78, 5) is 16.8. The molecule has 1 saturated heterocycles. The van der Waals surface area contributed by atoms with E-state index < -0.39 is 6.10 Å². The molecule has 1 atom stereocenters. The molecule has 1 N–H and O–H groups in total. The van der Waals surface area contributed by atoms with E-state index in [1.165, 1.54) is 11.1 Å². The lowest BCUT2D eigenvalue weighted by molar-refractivity contribution is -0.120. The van der Waals surface area contributed by atoms with Crippen LogP contribution in [0.4, 0.5) is 0 Å². The highest BCUT2D eigenvalue weighted by molar-refractivity contribution is 5.80. The zero-order valence-corrected chi connectivity index (χ0v) is 17.3. The zero-order chi connectivity index (χ0) is 20.5. The maximum absolute atomic E-state index is 12.3. The van der Waals surface area contributed by atoms with Crippen LogP contribution in [-0.4, -0.2) is 72.7 Å².